The molecule has 0 aliphatic carbocycles. The first-order valence-corrected chi connectivity index (χ1v) is 7.45. The van der Waals surface area contributed by atoms with Crippen molar-refractivity contribution in [3.8, 4) is 0 Å². The first-order chi connectivity index (χ1) is 10.6. The van der Waals surface area contributed by atoms with Gasteiger partial charge in [-0.15, -0.1) is 0 Å². The summed E-state index contributed by atoms with van der Waals surface area (Å²) >= 11 is 12.3. The first-order valence-electron chi connectivity index (χ1n) is 6.64. The van der Waals surface area contributed by atoms with E-state index < -0.39 is 5.50 Å². The Kier molecular flexibility index (Phi) is 3.03. The van der Waals surface area contributed by atoms with Crippen molar-refractivity contribution in [2.75, 3.05) is 4.90 Å². The number of nitrogens with zero attached hydrogens (tertiary/aromatic N) is 3. The Morgan fingerprint density at radius 2 is 1.95 bits per heavy atom. The van der Waals surface area contributed by atoms with E-state index in [-0.39, 0.29) is 5.91 Å². The molecular weight excluding hydrogens is 321 g/mol. The number of rotatable bonds is 1. The lowest BCUT2D eigenvalue weighted by molar-refractivity contribution is 0.0996. The minimum absolute atomic E-state index is 0.126. The lowest BCUT2D eigenvalue weighted by Crippen LogP contribution is -2.25. The molecule has 2 aromatic heterocycles. The number of carbonyl (C=O) groups is 1. The minimum Gasteiger partial charge on any atom is -0.286 e. The first kappa shape index (κ1) is 13.5. The predicted octanol–water partition coefficient (Wildman–Crippen LogP) is 4.18. The van der Waals surface area contributed by atoms with Crippen LogP contribution in [-0.4, -0.2) is 15.9 Å². The van der Waals surface area contributed by atoms with Gasteiger partial charge >= 0.3 is 0 Å². The Morgan fingerprint density at radius 3 is 2.77 bits per heavy atom. The van der Waals surface area contributed by atoms with E-state index in [1.807, 2.05) is 30.3 Å². The molecule has 4 nitrogen and oxygen atoms in total. The molecule has 0 spiro atoms. The molecule has 0 N–H and O–H groups in total. The summed E-state index contributed by atoms with van der Waals surface area (Å²) in [5.74, 6) is -0.126. The molecule has 0 saturated carbocycles. The van der Waals surface area contributed by atoms with Crippen LogP contribution in [0.25, 0.3) is 11.0 Å². The van der Waals surface area contributed by atoms with Gasteiger partial charge in [-0.2, -0.15) is 0 Å². The molecule has 6 heteroatoms. The molecule has 0 saturated heterocycles. The summed E-state index contributed by atoms with van der Waals surface area (Å²) in [6.07, 6.45) is 1.59. The van der Waals surface area contributed by atoms with E-state index in [1.54, 1.807) is 18.3 Å². The van der Waals surface area contributed by atoms with Crippen molar-refractivity contribution in [3.05, 3.63) is 64.9 Å². The molecular formula is C16H9Cl2N3O. The van der Waals surface area contributed by atoms with Crippen LogP contribution < -0.4 is 4.90 Å². The third kappa shape index (κ3) is 1.95. The fourth-order valence-corrected chi connectivity index (χ4v) is 3.16. The highest BCUT2D eigenvalue weighted by molar-refractivity contribution is 6.30. The summed E-state index contributed by atoms with van der Waals surface area (Å²) in [4.78, 5) is 22.5. The highest BCUT2D eigenvalue weighted by Gasteiger charge is 2.36. The zero-order valence-electron chi connectivity index (χ0n) is 11.2. The third-order valence-corrected chi connectivity index (χ3v) is 4.31. The van der Waals surface area contributed by atoms with E-state index in [2.05, 4.69) is 9.97 Å². The van der Waals surface area contributed by atoms with Gasteiger partial charge in [0.15, 0.2) is 5.65 Å². The van der Waals surface area contributed by atoms with Gasteiger partial charge in [-0.3, -0.25) is 9.69 Å². The van der Waals surface area contributed by atoms with Crippen LogP contribution in [0, 0.1) is 0 Å². The molecule has 1 aliphatic rings. The number of benzene rings is 1. The van der Waals surface area contributed by atoms with Crippen molar-refractivity contribution in [1.82, 2.24) is 9.97 Å². The summed E-state index contributed by atoms with van der Waals surface area (Å²) in [5, 5.41) is 1.18. The van der Waals surface area contributed by atoms with E-state index in [0.29, 0.717) is 22.1 Å². The van der Waals surface area contributed by atoms with Gasteiger partial charge < -0.3 is 0 Å². The average molecular weight is 330 g/mol. The zero-order valence-corrected chi connectivity index (χ0v) is 12.7. The number of carbonyl (C=O) groups excluding carboxylic acids is 1. The topological polar surface area (TPSA) is 46.1 Å². The van der Waals surface area contributed by atoms with E-state index in [1.165, 1.54) is 4.90 Å². The third-order valence-electron chi connectivity index (χ3n) is 3.67. The molecule has 1 amide bonds. The van der Waals surface area contributed by atoms with Crippen LogP contribution in [0.15, 0.2) is 48.7 Å². The van der Waals surface area contributed by atoms with Gasteiger partial charge in [-0.25, -0.2) is 9.97 Å². The lowest BCUT2D eigenvalue weighted by Gasteiger charge is -2.20. The van der Waals surface area contributed by atoms with Crippen molar-refractivity contribution in [3.63, 3.8) is 0 Å². The molecule has 0 bridgehead atoms. The number of hydrogen-bond acceptors (Lipinski definition) is 3. The highest BCUT2D eigenvalue weighted by Crippen LogP contribution is 2.40. The van der Waals surface area contributed by atoms with Gasteiger partial charge in [-0.05, 0) is 24.3 Å². The van der Waals surface area contributed by atoms with Crippen molar-refractivity contribution < 1.29 is 4.79 Å². The maximum absolute atomic E-state index is 12.6. The van der Waals surface area contributed by atoms with Gasteiger partial charge in [0.05, 0.1) is 11.9 Å². The van der Waals surface area contributed by atoms with Gasteiger partial charge in [0.25, 0.3) is 5.91 Å². The Balaban J connectivity index is 1.83. The summed E-state index contributed by atoms with van der Waals surface area (Å²) in [6, 6.07) is 12.7. The molecule has 0 fully saturated rings. The second kappa shape index (κ2) is 4.93. The largest absolute Gasteiger partial charge is 0.286 e. The van der Waals surface area contributed by atoms with Crippen LogP contribution in [0.5, 0.6) is 0 Å². The van der Waals surface area contributed by atoms with Crippen LogP contribution in [-0.2, 0) is 0 Å². The van der Waals surface area contributed by atoms with E-state index in [4.69, 9.17) is 23.2 Å². The van der Waals surface area contributed by atoms with Gasteiger partial charge in [0, 0.05) is 16.5 Å². The lowest BCUT2D eigenvalue weighted by atomic mass is 10.1. The van der Waals surface area contributed by atoms with Crippen molar-refractivity contribution >= 4 is 45.8 Å². The van der Waals surface area contributed by atoms with Crippen molar-refractivity contribution in [2.24, 2.45) is 0 Å². The number of amides is 1. The quantitative estimate of drug-likeness (QED) is 0.382. The molecule has 1 atom stereocenters. The fourth-order valence-electron chi connectivity index (χ4n) is 2.63. The van der Waals surface area contributed by atoms with Gasteiger partial charge in [-0.1, -0.05) is 41.4 Å². The average Bonchev–Trinajstić information content (AvgIpc) is 2.79. The SMILES string of the molecule is O=C1c2ccccc2C(Cl)N1c1cnc2nc(Cl)ccc2c1. The highest BCUT2D eigenvalue weighted by atomic mass is 35.5. The van der Waals surface area contributed by atoms with E-state index >= 15 is 0 Å². The van der Waals surface area contributed by atoms with Crippen LogP contribution in [0.4, 0.5) is 5.69 Å². The number of anilines is 1. The number of alkyl halides is 1. The smallest absolute Gasteiger partial charge is 0.260 e. The molecule has 4 rings (SSSR count). The predicted molar refractivity (Wildman–Crippen MR) is 86.4 cm³/mol. The number of aromatic nitrogens is 2. The van der Waals surface area contributed by atoms with Crippen LogP contribution in [0.2, 0.25) is 5.15 Å². The molecule has 22 heavy (non-hydrogen) atoms. The Bertz CT molecular complexity index is 913. The number of halogens is 2. The second-order valence-corrected chi connectivity index (χ2v) is 5.77. The molecule has 1 aromatic carbocycles. The number of pyridine rings is 2. The molecule has 108 valence electrons. The zero-order chi connectivity index (χ0) is 15.3. The number of fused-ring (bicyclic) bond motifs is 2. The van der Waals surface area contributed by atoms with Crippen molar-refractivity contribution in [1.29, 1.82) is 0 Å². The van der Waals surface area contributed by atoms with Gasteiger partial charge in [0.2, 0.25) is 0 Å². The van der Waals surface area contributed by atoms with Crippen molar-refractivity contribution in [2.45, 2.75) is 5.50 Å². The van der Waals surface area contributed by atoms with Crippen LogP contribution in [0.3, 0.4) is 0 Å². The standard InChI is InChI=1S/C16H9Cl2N3O/c17-13-6-5-9-7-10(8-19-15(9)20-13)21-14(18)11-3-1-2-4-12(11)16(21)22/h1-8,14H. The summed E-state index contributed by atoms with van der Waals surface area (Å²) in [6.45, 7) is 0. The number of hydrogen-bond donors (Lipinski definition) is 0. The fraction of sp³-hybridized carbons (Fsp3) is 0.0625. The maximum Gasteiger partial charge on any atom is 0.260 e. The van der Waals surface area contributed by atoms with Crippen LogP contribution in [0.1, 0.15) is 21.4 Å². The second-order valence-electron chi connectivity index (χ2n) is 4.97. The molecule has 3 heterocycles. The summed E-state index contributed by atoms with van der Waals surface area (Å²) in [5.41, 5.74) is 2.06. The molecule has 3 aromatic rings. The molecule has 1 unspecified atom stereocenters. The monoisotopic (exact) mass is 329 g/mol. The Labute approximate surface area is 136 Å². The maximum atomic E-state index is 12.6. The molecule has 1 aliphatic heterocycles. The summed E-state index contributed by atoms with van der Waals surface area (Å²) in [7, 11) is 0. The van der Waals surface area contributed by atoms with Gasteiger partial charge in [0.1, 0.15) is 10.7 Å². The normalized spacial score (nSPS) is 17.1. The van der Waals surface area contributed by atoms with Crippen LogP contribution >= 0.6 is 23.2 Å². The Morgan fingerprint density at radius 1 is 1.14 bits per heavy atom. The Hall–Kier alpha value is -2.17. The summed E-state index contributed by atoms with van der Waals surface area (Å²) < 4.78 is 0. The van der Waals surface area contributed by atoms with E-state index in [0.717, 1.165) is 10.9 Å². The van der Waals surface area contributed by atoms with E-state index in [9.17, 15) is 4.79 Å². The minimum atomic E-state index is -0.539. The molecule has 0 radical (unpaired) electrons.